The van der Waals surface area contributed by atoms with Crippen molar-refractivity contribution in [3.63, 3.8) is 0 Å². The Morgan fingerprint density at radius 1 is 1.11 bits per heavy atom. The van der Waals surface area contributed by atoms with Crippen LogP contribution < -0.4 is 0 Å². The topological polar surface area (TPSA) is 40.5 Å². The van der Waals surface area contributed by atoms with Crippen LogP contribution in [0.2, 0.25) is 0 Å². The van der Waals surface area contributed by atoms with Crippen LogP contribution >= 0.6 is 0 Å². The van der Waals surface area contributed by atoms with Gasteiger partial charge < -0.3 is 5.11 Å². The minimum atomic E-state index is -0.606. The lowest BCUT2D eigenvalue weighted by molar-refractivity contribution is -0.159. The summed E-state index contributed by atoms with van der Waals surface area (Å²) in [5.41, 5.74) is -0.464. The lowest BCUT2D eigenvalue weighted by atomic mass is 9.63. The minimum absolute atomic E-state index is 0.141. The molecule has 0 aromatic heterocycles. The van der Waals surface area contributed by atoms with E-state index in [4.69, 9.17) is 0 Å². The fourth-order valence-corrected chi connectivity index (χ4v) is 4.57. The van der Waals surface area contributed by atoms with Gasteiger partial charge in [0.2, 0.25) is 0 Å². The van der Waals surface area contributed by atoms with Gasteiger partial charge in [0.25, 0.3) is 0 Å². The largest absolute Gasteiger partial charge is 0.480 e. The molecule has 2 aliphatic rings. The molecule has 1 aliphatic heterocycles. The summed E-state index contributed by atoms with van der Waals surface area (Å²) in [4.78, 5) is 14.4. The van der Waals surface area contributed by atoms with E-state index in [1.807, 2.05) is 0 Å². The summed E-state index contributed by atoms with van der Waals surface area (Å²) in [5, 5.41) is 9.94. The third kappa shape index (κ3) is 3.13. The summed E-state index contributed by atoms with van der Waals surface area (Å²) in [6.45, 7) is 8.62. The highest BCUT2D eigenvalue weighted by Crippen LogP contribution is 2.47. The third-order valence-electron chi connectivity index (χ3n) is 4.97. The Morgan fingerprint density at radius 2 is 1.68 bits per heavy atom. The molecule has 1 saturated carbocycles. The lowest BCUT2D eigenvalue weighted by Crippen LogP contribution is -2.60. The molecule has 0 aromatic carbocycles. The highest BCUT2D eigenvalue weighted by atomic mass is 16.4. The highest BCUT2D eigenvalue weighted by Gasteiger charge is 2.51. The van der Waals surface area contributed by atoms with Crippen molar-refractivity contribution in [2.45, 2.75) is 71.3 Å². The molecule has 2 rings (SSSR count). The number of nitrogens with zero attached hydrogens (tertiary/aromatic N) is 1. The van der Waals surface area contributed by atoms with Crippen molar-refractivity contribution in [3.05, 3.63) is 0 Å². The molecule has 2 atom stereocenters. The molecule has 0 bridgehead atoms. The van der Waals surface area contributed by atoms with E-state index in [1.165, 1.54) is 12.8 Å². The molecular weight excluding hydrogens is 238 g/mol. The molecule has 0 spiro atoms. The molecular formula is C16H29NO2. The Labute approximate surface area is 117 Å². The number of rotatable bonds is 2. The number of carboxylic acid groups (broad SMARTS) is 1. The number of carbonyl (C=O) groups is 1. The lowest BCUT2D eigenvalue weighted by Gasteiger charge is -2.50. The van der Waals surface area contributed by atoms with E-state index < -0.39 is 11.5 Å². The molecule has 19 heavy (non-hydrogen) atoms. The van der Waals surface area contributed by atoms with E-state index in [0.29, 0.717) is 5.92 Å². The number of hydrogen-bond donors (Lipinski definition) is 1. The molecule has 1 N–H and O–H groups in total. The van der Waals surface area contributed by atoms with Gasteiger partial charge in [-0.2, -0.15) is 0 Å². The summed E-state index contributed by atoms with van der Waals surface area (Å²) >= 11 is 0. The van der Waals surface area contributed by atoms with E-state index in [9.17, 15) is 9.90 Å². The van der Waals surface area contributed by atoms with Crippen LogP contribution in [0.1, 0.15) is 65.7 Å². The van der Waals surface area contributed by atoms with Gasteiger partial charge in [-0.05, 0) is 56.5 Å². The van der Waals surface area contributed by atoms with Crippen LogP contribution in [0, 0.1) is 11.3 Å². The smallest absolute Gasteiger partial charge is 0.324 e. The van der Waals surface area contributed by atoms with Gasteiger partial charge >= 0.3 is 5.97 Å². The van der Waals surface area contributed by atoms with E-state index in [0.717, 1.165) is 45.2 Å². The summed E-state index contributed by atoms with van der Waals surface area (Å²) in [7, 11) is 0. The molecule has 2 fully saturated rings. The maximum Gasteiger partial charge on any atom is 0.324 e. The molecule has 1 aliphatic carbocycles. The predicted molar refractivity (Wildman–Crippen MR) is 77.2 cm³/mol. The number of likely N-dealkylation sites (tertiary alicyclic amines) is 1. The van der Waals surface area contributed by atoms with Gasteiger partial charge in [-0.15, -0.1) is 0 Å². The van der Waals surface area contributed by atoms with Gasteiger partial charge in [0.1, 0.15) is 5.54 Å². The van der Waals surface area contributed by atoms with Crippen LogP contribution in [0.4, 0.5) is 0 Å². The monoisotopic (exact) mass is 267 g/mol. The maximum atomic E-state index is 12.1. The fraction of sp³-hybridized carbons (Fsp3) is 0.938. The van der Waals surface area contributed by atoms with Crippen molar-refractivity contribution >= 4 is 5.97 Å². The average Bonchev–Trinajstić information content (AvgIpc) is 2.54. The normalized spacial score (nSPS) is 36.7. The standard InChI is InChI=1S/C16H29NO2/c1-13-10-15(2,3)12-16(11-13,14(18)19)17-8-6-4-5-7-9-17/h13H,4-12H2,1-3H3,(H,18,19). The molecule has 1 saturated heterocycles. The zero-order valence-corrected chi connectivity index (χ0v) is 12.7. The van der Waals surface area contributed by atoms with E-state index in [-0.39, 0.29) is 5.41 Å². The molecule has 1 heterocycles. The Bertz CT molecular complexity index is 332. The van der Waals surface area contributed by atoms with Gasteiger partial charge in [-0.3, -0.25) is 9.69 Å². The summed E-state index contributed by atoms with van der Waals surface area (Å²) in [5.74, 6) is -0.0860. The molecule has 0 radical (unpaired) electrons. The molecule has 110 valence electrons. The zero-order chi connectivity index (χ0) is 14.1. The minimum Gasteiger partial charge on any atom is -0.480 e. The van der Waals surface area contributed by atoms with Gasteiger partial charge in [-0.25, -0.2) is 0 Å². The molecule has 0 amide bonds. The van der Waals surface area contributed by atoms with Crippen LogP contribution in [-0.2, 0) is 4.79 Å². The van der Waals surface area contributed by atoms with Gasteiger partial charge in [-0.1, -0.05) is 33.6 Å². The Morgan fingerprint density at radius 3 is 2.16 bits per heavy atom. The molecule has 3 nitrogen and oxygen atoms in total. The van der Waals surface area contributed by atoms with Crippen LogP contribution in [0.25, 0.3) is 0 Å². The van der Waals surface area contributed by atoms with Crippen LogP contribution in [0.3, 0.4) is 0 Å². The van der Waals surface area contributed by atoms with Crippen molar-refractivity contribution < 1.29 is 9.90 Å². The fourth-order valence-electron chi connectivity index (χ4n) is 4.57. The van der Waals surface area contributed by atoms with Crippen molar-refractivity contribution in [1.29, 1.82) is 0 Å². The highest BCUT2D eigenvalue weighted by molar-refractivity contribution is 5.79. The SMILES string of the molecule is CC1CC(C)(C)CC(C(=O)O)(N2CCCCCC2)C1. The Kier molecular flexibility index (Phi) is 4.24. The second kappa shape index (κ2) is 5.43. The molecule has 3 heteroatoms. The van der Waals surface area contributed by atoms with Crippen LogP contribution in [0.5, 0.6) is 0 Å². The Balaban J connectivity index is 2.28. The third-order valence-corrected chi connectivity index (χ3v) is 4.97. The maximum absolute atomic E-state index is 12.1. The second-order valence-corrected chi connectivity index (χ2v) is 7.59. The summed E-state index contributed by atoms with van der Waals surface area (Å²) < 4.78 is 0. The van der Waals surface area contributed by atoms with Crippen molar-refractivity contribution in [2.75, 3.05) is 13.1 Å². The average molecular weight is 267 g/mol. The second-order valence-electron chi connectivity index (χ2n) is 7.59. The van der Waals surface area contributed by atoms with Gasteiger partial charge in [0.15, 0.2) is 0 Å². The van der Waals surface area contributed by atoms with Crippen molar-refractivity contribution in [2.24, 2.45) is 11.3 Å². The first-order chi connectivity index (χ1) is 8.86. The number of aliphatic carboxylic acids is 1. The predicted octanol–water partition coefficient (Wildman–Crippen LogP) is 3.53. The molecule has 2 unspecified atom stereocenters. The summed E-state index contributed by atoms with van der Waals surface area (Å²) in [6.07, 6.45) is 7.60. The molecule has 0 aromatic rings. The first kappa shape index (κ1) is 14.8. The van der Waals surface area contributed by atoms with E-state index in [1.54, 1.807) is 0 Å². The van der Waals surface area contributed by atoms with Gasteiger partial charge in [0.05, 0.1) is 0 Å². The van der Waals surface area contributed by atoms with Crippen LogP contribution in [-0.4, -0.2) is 34.6 Å². The van der Waals surface area contributed by atoms with E-state index >= 15 is 0 Å². The summed E-state index contributed by atoms with van der Waals surface area (Å²) in [6, 6.07) is 0. The van der Waals surface area contributed by atoms with Crippen molar-refractivity contribution in [3.8, 4) is 0 Å². The number of hydrogen-bond acceptors (Lipinski definition) is 2. The van der Waals surface area contributed by atoms with Gasteiger partial charge in [0, 0.05) is 0 Å². The van der Waals surface area contributed by atoms with Crippen LogP contribution in [0.15, 0.2) is 0 Å². The van der Waals surface area contributed by atoms with E-state index in [2.05, 4.69) is 25.7 Å². The Hall–Kier alpha value is -0.570. The number of carboxylic acids is 1. The first-order valence-corrected chi connectivity index (χ1v) is 7.84. The zero-order valence-electron chi connectivity index (χ0n) is 12.7. The quantitative estimate of drug-likeness (QED) is 0.832. The first-order valence-electron chi connectivity index (χ1n) is 7.84. The van der Waals surface area contributed by atoms with Crippen molar-refractivity contribution in [1.82, 2.24) is 4.90 Å².